The first-order valence-electron chi connectivity index (χ1n) is 4.79. The molecule has 1 saturated carbocycles. The van der Waals surface area contributed by atoms with Crippen molar-refractivity contribution in [1.29, 1.82) is 0 Å². The summed E-state index contributed by atoms with van der Waals surface area (Å²) in [7, 11) is 0. The average molecular weight is 244 g/mol. The Morgan fingerprint density at radius 1 is 1.40 bits per heavy atom. The van der Waals surface area contributed by atoms with Gasteiger partial charge in [0.25, 0.3) is 0 Å². The van der Waals surface area contributed by atoms with E-state index in [2.05, 4.69) is 5.32 Å². The maximum absolute atomic E-state index is 11.5. The van der Waals surface area contributed by atoms with Crippen LogP contribution in [0.5, 0.6) is 0 Å². The number of rotatable bonds is 3. The van der Waals surface area contributed by atoms with Crippen LogP contribution in [0.15, 0.2) is 30.3 Å². The molecule has 1 atom stereocenters. The lowest BCUT2D eigenvalue weighted by atomic mass is 10.2. The standard InChI is InChI=1S/C11H11Cl2NO/c12-11(13)6-9(11)10(15)14-7-8-4-2-1-3-5-8/h1-5,9H,6-7H2,(H,14,15)/t9-/m0/s1. The predicted octanol–water partition coefficient (Wildman–Crippen LogP) is 2.50. The summed E-state index contributed by atoms with van der Waals surface area (Å²) in [6.07, 6.45) is 0.552. The Labute approximate surface area is 98.6 Å². The first kappa shape index (κ1) is 10.8. The van der Waals surface area contributed by atoms with E-state index in [-0.39, 0.29) is 11.8 Å². The van der Waals surface area contributed by atoms with E-state index in [1.54, 1.807) is 0 Å². The average Bonchev–Trinajstić information content (AvgIpc) is 2.86. The molecule has 0 saturated heterocycles. The van der Waals surface area contributed by atoms with Gasteiger partial charge in [-0.3, -0.25) is 4.79 Å². The van der Waals surface area contributed by atoms with Gasteiger partial charge in [0.2, 0.25) is 5.91 Å². The molecule has 2 nitrogen and oxygen atoms in total. The van der Waals surface area contributed by atoms with E-state index >= 15 is 0 Å². The van der Waals surface area contributed by atoms with Crippen molar-refractivity contribution in [1.82, 2.24) is 5.32 Å². The summed E-state index contributed by atoms with van der Waals surface area (Å²) in [6.45, 7) is 0.528. The molecule has 80 valence electrons. The van der Waals surface area contributed by atoms with Crippen LogP contribution in [0.1, 0.15) is 12.0 Å². The van der Waals surface area contributed by atoms with E-state index in [1.165, 1.54) is 0 Å². The van der Waals surface area contributed by atoms with Crippen LogP contribution in [0.4, 0.5) is 0 Å². The van der Waals surface area contributed by atoms with Crippen LogP contribution in [0.2, 0.25) is 0 Å². The normalized spacial score (nSPS) is 22.1. The molecule has 0 aromatic heterocycles. The molecule has 15 heavy (non-hydrogen) atoms. The number of hydrogen-bond donors (Lipinski definition) is 1. The molecule has 0 radical (unpaired) electrons. The van der Waals surface area contributed by atoms with Crippen LogP contribution in [-0.2, 0) is 11.3 Å². The number of benzene rings is 1. The second kappa shape index (κ2) is 4.03. The van der Waals surface area contributed by atoms with Crippen LogP contribution in [0.25, 0.3) is 0 Å². The molecule has 4 heteroatoms. The SMILES string of the molecule is O=C(NCc1ccccc1)[C@@H]1CC1(Cl)Cl. The maximum atomic E-state index is 11.5. The van der Waals surface area contributed by atoms with E-state index in [9.17, 15) is 4.79 Å². The molecular formula is C11H11Cl2NO. The van der Waals surface area contributed by atoms with Gasteiger partial charge in [0.05, 0.1) is 5.92 Å². The predicted molar refractivity (Wildman–Crippen MR) is 60.8 cm³/mol. The Bertz CT molecular complexity index is 364. The molecule has 1 aliphatic carbocycles. The van der Waals surface area contributed by atoms with Crippen molar-refractivity contribution >= 4 is 29.1 Å². The summed E-state index contributed by atoms with van der Waals surface area (Å²) in [5.74, 6) is -0.312. The number of carbonyl (C=O) groups is 1. The van der Waals surface area contributed by atoms with Crippen molar-refractivity contribution < 1.29 is 4.79 Å². The number of alkyl halides is 2. The third-order valence-electron chi connectivity index (χ3n) is 2.45. The Hall–Kier alpha value is -0.730. The minimum absolute atomic E-state index is 0.0659. The second-order valence-electron chi connectivity index (χ2n) is 3.72. The van der Waals surface area contributed by atoms with Crippen molar-refractivity contribution in [3.05, 3.63) is 35.9 Å². The Kier molecular flexibility index (Phi) is 2.89. The summed E-state index contributed by atoms with van der Waals surface area (Å²) in [4.78, 5) is 11.5. The van der Waals surface area contributed by atoms with E-state index in [0.29, 0.717) is 13.0 Å². The van der Waals surface area contributed by atoms with Gasteiger partial charge in [-0.15, -0.1) is 23.2 Å². The van der Waals surface area contributed by atoms with Gasteiger partial charge in [-0.05, 0) is 12.0 Å². The fourth-order valence-corrected chi connectivity index (χ4v) is 1.91. The minimum Gasteiger partial charge on any atom is -0.352 e. The third-order valence-corrected chi connectivity index (χ3v) is 3.29. The molecule has 0 heterocycles. The molecular weight excluding hydrogens is 233 g/mol. The zero-order valence-corrected chi connectivity index (χ0v) is 9.55. The smallest absolute Gasteiger partial charge is 0.226 e. The topological polar surface area (TPSA) is 29.1 Å². The molecule has 0 unspecified atom stereocenters. The minimum atomic E-state index is -0.833. The molecule has 2 rings (SSSR count). The van der Waals surface area contributed by atoms with Gasteiger partial charge in [-0.1, -0.05) is 30.3 Å². The summed E-state index contributed by atoms with van der Waals surface area (Å²) in [5.41, 5.74) is 1.07. The lowest BCUT2D eigenvalue weighted by Gasteiger charge is -2.04. The molecule has 1 aromatic carbocycles. The quantitative estimate of drug-likeness (QED) is 0.813. The first-order chi connectivity index (χ1) is 7.09. The Morgan fingerprint density at radius 3 is 2.53 bits per heavy atom. The molecule has 0 spiro atoms. The molecule has 1 aliphatic rings. The van der Waals surface area contributed by atoms with Crippen molar-refractivity contribution in [3.63, 3.8) is 0 Å². The van der Waals surface area contributed by atoms with Crippen LogP contribution < -0.4 is 5.32 Å². The lowest BCUT2D eigenvalue weighted by Crippen LogP contribution is -2.26. The molecule has 1 N–H and O–H groups in total. The highest BCUT2D eigenvalue weighted by Crippen LogP contribution is 2.53. The van der Waals surface area contributed by atoms with Gasteiger partial charge in [0.15, 0.2) is 0 Å². The monoisotopic (exact) mass is 243 g/mol. The van der Waals surface area contributed by atoms with E-state index < -0.39 is 4.33 Å². The van der Waals surface area contributed by atoms with E-state index in [0.717, 1.165) is 5.56 Å². The largest absolute Gasteiger partial charge is 0.352 e. The van der Waals surface area contributed by atoms with Gasteiger partial charge in [-0.25, -0.2) is 0 Å². The zero-order valence-electron chi connectivity index (χ0n) is 8.04. The molecule has 1 aromatic rings. The summed E-state index contributed by atoms with van der Waals surface area (Å²) in [5, 5.41) is 2.81. The highest BCUT2D eigenvalue weighted by atomic mass is 35.5. The fourth-order valence-electron chi connectivity index (χ4n) is 1.41. The van der Waals surface area contributed by atoms with Crippen molar-refractivity contribution in [2.24, 2.45) is 5.92 Å². The number of nitrogens with one attached hydrogen (secondary N) is 1. The van der Waals surface area contributed by atoms with Gasteiger partial charge in [0.1, 0.15) is 4.33 Å². The van der Waals surface area contributed by atoms with Crippen molar-refractivity contribution in [2.75, 3.05) is 0 Å². The van der Waals surface area contributed by atoms with E-state index in [1.807, 2.05) is 30.3 Å². The molecule has 0 aliphatic heterocycles. The molecule has 1 amide bonds. The van der Waals surface area contributed by atoms with Gasteiger partial charge in [-0.2, -0.15) is 0 Å². The number of halogens is 2. The zero-order chi connectivity index (χ0) is 10.9. The number of hydrogen-bond acceptors (Lipinski definition) is 1. The summed E-state index contributed by atoms with van der Waals surface area (Å²) < 4.78 is -0.833. The highest BCUT2D eigenvalue weighted by molar-refractivity contribution is 6.52. The first-order valence-corrected chi connectivity index (χ1v) is 5.54. The lowest BCUT2D eigenvalue weighted by molar-refractivity contribution is -0.122. The maximum Gasteiger partial charge on any atom is 0.226 e. The number of amides is 1. The van der Waals surface area contributed by atoms with Crippen LogP contribution in [-0.4, -0.2) is 10.2 Å². The van der Waals surface area contributed by atoms with Crippen molar-refractivity contribution in [3.8, 4) is 0 Å². The van der Waals surface area contributed by atoms with Crippen LogP contribution >= 0.6 is 23.2 Å². The summed E-state index contributed by atoms with van der Waals surface area (Å²) >= 11 is 11.6. The highest BCUT2D eigenvalue weighted by Gasteiger charge is 2.56. The van der Waals surface area contributed by atoms with Gasteiger partial charge >= 0.3 is 0 Å². The number of carbonyl (C=O) groups excluding carboxylic acids is 1. The summed E-state index contributed by atoms with van der Waals surface area (Å²) in [6, 6.07) is 9.73. The molecule has 0 bridgehead atoms. The third kappa shape index (κ3) is 2.64. The Balaban J connectivity index is 1.82. The van der Waals surface area contributed by atoms with E-state index in [4.69, 9.17) is 23.2 Å². The second-order valence-corrected chi connectivity index (χ2v) is 5.26. The fraction of sp³-hybridized carbons (Fsp3) is 0.364. The Morgan fingerprint density at radius 2 is 2.00 bits per heavy atom. The van der Waals surface area contributed by atoms with Gasteiger partial charge < -0.3 is 5.32 Å². The van der Waals surface area contributed by atoms with Gasteiger partial charge in [0, 0.05) is 6.54 Å². The van der Waals surface area contributed by atoms with Crippen LogP contribution in [0.3, 0.4) is 0 Å². The van der Waals surface area contributed by atoms with Crippen molar-refractivity contribution in [2.45, 2.75) is 17.3 Å². The molecule has 1 fully saturated rings. The van der Waals surface area contributed by atoms with Crippen LogP contribution in [0, 0.1) is 5.92 Å².